The van der Waals surface area contributed by atoms with Crippen LogP contribution in [0.4, 0.5) is 4.79 Å². The van der Waals surface area contributed by atoms with Crippen LogP contribution >= 0.6 is 27.7 Å². The molecule has 0 aliphatic carbocycles. The quantitative estimate of drug-likeness (QED) is 0.718. The van der Waals surface area contributed by atoms with Crippen molar-refractivity contribution in [1.29, 1.82) is 0 Å². The van der Waals surface area contributed by atoms with E-state index in [0.717, 1.165) is 29.1 Å². The lowest BCUT2D eigenvalue weighted by molar-refractivity contribution is -0.122. The van der Waals surface area contributed by atoms with Crippen molar-refractivity contribution in [3.05, 3.63) is 27.1 Å². The first-order valence-corrected chi connectivity index (χ1v) is 8.99. The van der Waals surface area contributed by atoms with E-state index in [2.05, 4.69) is 15.9 Å². The number of hydrogen-bond donors (Lipinski definition) is 1. The maximum absolute atomic E-state index is 12.3. The molecule has 124 valence electrons. The normalized spacial score (nSPS) is 16.5. The molecular formula is C16H18BrNO4S. The number of aromatic hydroxyl groups is 1. The number of phenolic OH excluding ortho intramolecular Hbond substituents is 1. The van der Waals surface area contributed by atoms with Crippen molar-refractivity contribution in [3.8, 4) is 11.5 Å². The monoisotopic (exact) mass is 399 g/mol. The van der Waals surface area contributed by atoms with Gasteiger partial charge in [-0.1, -0.05) is 29.3 Å². The fourth-order valence-electron chi connectivity index (χ4n) is 2.12. The molecule has 1 aromatic rings. The number of rotatable bonds is 6. The Morgan fingerprint density at radius 1 is 1.35 bits per heavy atom. The third-order valence-electron chi connectivity index (χ3n) is 3.26. The molecule has 1 aliphatic rings. The van der Waals surface area contributed by atoms with Crippen LogP contribution < -0.4 is 4.74 Å². The molecule has 1 aliphatic heterocycles. The molecule has 0 aromatic heterocycles. The Kier molecular flexibility index (Phi) is 6.12. The highest BCUT2D eigenvalue weighted by molar-refractivity contribution is 9.10. The van der Waals surface area contributed by atoms with Gasteiger partial charge in [0.05, 0.1) is 11.5 Å². The average molecular weight is 400 g/mol. The highest BCUT2D eigenvalue weighted by Crippen LogP contribution is 2.38. The van der Waals surface area contributed by atoms with Gasteiger partial charge >= 0.3 is 0 Å². The zero-order valence-electron chi connectivity index (χ0n) is 13.0. The summed E-state index contributed by atoms with van der Waals surface area (Å²) in [5.74, 6) is -0.0282. The number of imide groups is 1. The van der Waals surface area contributed by atoms with Crippen molar-refractivity contribution in [2.75, 3.05) is 13.2 Å². The number of amides is 2. The van der Waals surface area contributed by atoms with Gasteiger partial charge in [-0.05, 0) is 43.3 Å². The Morgan fingerprint density at radius 3 is 2.74 bits per heavy atom. The highest BCUT2D eigenvalue weighted by Gasteiger charge is 2.34. The van der Waals surface area contributed by atoms with Crippen molar-refractivity contribution in [3.63, 3.8) is 0 Å². The molecule has 23 heavy (non-hydrogen) atoms. The van der Waals surface area contributed by atoms with E-state index >= 15 is 0 Å². The summed E-state index contributed by atoms with van der Waals surface area (Å²) >= 11 is 4.24. The molecule has 5 nitrogen and oxygen atoms in total. The molecular weight excluding hydrogens is 382 g/mol. The van der Waals surface area contributed by atoms with Gasteiger partial charge in [-0.2, -0.15) is 0 Å². The van der Waals surface area contributed by atoms with Gasteiger partial charge in [0.15, 0.2) is 11.5 Å². The number of phenols is 1. The number of hydrogen-bond acceptors (Lipinski definition) is 5. The minimum Gasteiger partial charge on any atom is -0.504 e. The van der Waals surface area contributed by atoms with E-state index in [1.807, 2.05) is 13.8 Å². The molecule has 0 unspecified atom stereocenters. The molecule has 7 heteroatoms. The van der Waals surface area contributed by atoms with Crippen molar-refractivity contribution in [2.45, 2.75) is 26.7 Å². The predicted molar refractivity (Wildman–Crippen MR) is 94.6 cm³/mol. The second-order valence-electron chi connectivity index (χ2n) is 4.96. The Balaban J connectivity index is 2.32. The zero-order valence-corrected chi connectivity index (χ0v) is 15.4. The van der Waals surface area contributed by atoms with Gasteiger partial charge < -0.3 is 9.84 Å². The molecule has 2 rings (SSSR count). The lowest BCUT2D eigenvalue weighted by Crippen LogP contribution is -2.29. The number of halogens is 1. The molecule has 1 N–H and O–H groups in total. The maximum atomic E-state index is 12.3. The van der Waals surface area contributed by atoms with E-state index in [0.29, 0.717) is 29.4 Å². The number of carbonyl (C=O) groups is 2. The molecule has 1 aromatic carbocycles. The van der Waals surface area contributed by atoms with Crippen molar-refractivity contribution < 1.29 is 19.4 Å². The van der Waals surface area contributed by atoms with Crippen molar-refractivity contribution in [2.24, 2.45) is 0 Å². The minimum atomic E-state index is -0.314. The number of carbonyl (C=O) groups excluding carboxylic acids is 2. The molecule has 0 bridgehead atoms. The van der Waals surface area contributed by atoms with E-state index in [9.17, 15) is 14.7 Å². The maximum Gasteiger partial charge on any atom is 0.293 e. The Labute approximate surface area is 147 Å². The van der Waals surface area contributed by atoms with Gasteiger partial charge in [0.2, 0.25) is 0 Å². The van der Waals surface area contributed by atoms with Crippen LogP contribution in [0, 0.1) is 0 Å². The van der Waals surface area contributed by atoms with Crippen LogP contribution in [-0.2, 0) is 4.79 Å². The van der Waals surface area contributed by atoms with E-state index in [-0.39, 0.29) is 16.9 Å². The van der Waals surface area contributed by atoms with E-state index in [1.54, 1.807) is 12.1 Å². The summed E-state index contributed by atoms with van der Waals surface area (Å²) < 4.78 is 6.08. The summed E-state index contributed by atoms with van der Waals surface area (Å²) in [7, 11) is 0. The lowest BCUT2D eigenvalue weighted by Gasteiger charge is -2.11. The molecule has 0 atom stereocenters. The van der Waals surface area contributed by atoms with E-state index in [4.69, 9.17) is 4.74 Å². The first kappa shape index (κ1) is 17.9. The molecule has 1 saturated heterocycles. The molecule has 2 amide bonds. The summed E-state index contributed by atoms with van der Waals surface area (Å²) in [6, 6.07) is 3.33. The second-order valence-corrected chi connectivity index (χ2v) is 6.87. The fraction of sp³-hybridized carbons (Fsp3) is 0.375. The van der Waals surface area contributed by atoms with Gasteiger partial charge in [0, 0.05) is 16.6 Å². The van der Waals surface area contributed by atoms with Gasteiger partial charge in [0.1, 0.15) is 0 Å². The SMILES string of the molecule is CCCCN1C(=O)SC(=Cc2cc(Br)cc(OCC)c2O)C1=O. The van der Waals surface area contributed by atoms with Crippen LogP contribution in [-0.4, -0.2) is 34.3 Å². The number of unbranched alkanes of at least 4 members (excludes halogenated alkanes) is 1. The van der Waals surface area contributed by atoms with E-state index < -0.39 is 0 Å². The summed E-state index contributed by atoms with van der Waals surface area (Å²) in [6.45, 7) is 4.66. The topological polar surface area (TPSA) is 66.8 Å². The largest absolute Gasteiger partial charge is 0.504 e. The van der Waals surface area contributed by atoms with Gasteiger partial charge in [-0.3, -0.25) is 14.5 Å². The third kappa shape index (κ3) is 4.09. The van der Waals surface area contributed by atoms with Crippen molar-refractivity contribution in [1.82, 2.24) is 4.90 Å². The first-order chi connectivity index (χ1) is 11.0. The van der Waals surface area contributed by atoms with Crippen LogP contribution in [0.3, 0.4) is 0 Å². The third-order valence-corrected chi connectivity index (χ3v) is 4.63. The predicted octanol–water partition coefficient (Wildman–Crippen LogP) is 4.39. The average Bonchev–Trinajstić information content (AvgIpc) is 2.76. The van der Waals surface area contributed by atoms with Gasteiger partial charge in [0.25, 0.3) is 11.1 Å². The Morgan fingerprint density at radius 2 is 2.09 bits per heavy atom. The second kappa shape index (κ2) is 7.88. The molecule has 1 fully saturated rings. The van der Waals surface area contributed by atoms with Crippen LogP contribution in [0.1, 0.15) is 32.3 Å². The van der Waals surface area contributed by atoms with Crippen LogP contribution in [0.2, 0.25) is 0 Å². The number of benzene rings is 1. The molecule has 1 heterocycles. The summed E-state index contributed by atoms with van der Waals surface area (Å²) in [4.78, 5) is 25.8. The van der Waals surface area contributed by atoms with E-state index in [1.165, 1.54) is 11.0 Å². The summed E-state index contributed by atoms with van der Waals surface area (Å²) in [5, 5.41) is 9.99. The van der Waals surface area contributed by atoms with Crippen LogP contribution in [0.25, 0.3) is 6.08 Å². The van der Waals surface area contributed by atoms with Gasteiger partial charge in [-0.15, -0.1) is 0 Å². The molecule has 0 spiro atoms. The standard InChI is InChI=1S/C16H18BrNO4S/c1-3-5-6-18-15(20)13(23-16(18)21)8-10-7-11(17)9-12(14(10)19)22-4-2/h7-9,19H,3-6H2,1-2H3. The van der Waals surface area contributed by atoms with Crippen molar-refractivity contribution >= 4 is 44.9 Å². The number of ether oxygens (including phenoxy) is 1. The van der Waals surface area contributed by atoms with Crippen LogP contribution in [0.5, 0.6) is 11.5 Å². The Hall–Kier alpha value is -1.47. The Bertz CT molecular complexity index is 660. The minimum absolute atomic E-state index is 0.0459. The van der Waals surface area contributed by atoms with Gasteiger partial charge in [-0.25, -0.2) is 0 Å². The van der Waals surface area contributed by atoms with Crippen LogP contribution in [0.15, 0.2) is 21.5 Å². The smallest absolute Gasteiger partial charge is 0.293 e. The highest BCUT2D eigenvalue weighted by atomic mass is 79.9. The summed E-state index contributed by atoms with van der Waals surface area (Å²) in [6.07, 6.45) is 3.21. The number of nitrogens with zero attached hydrogens (tertiary/aromatic N) is 1. The first-order valence-electron chi connectivity index (χ1n) is 7.38. The molecule has 0 saturated carbocycles. The zero-order chi connectivity index (χ0) is 17.0. The summed E-state index contributed by atoms with van der Waals surface area (Å²) in [5.41, 5.74) is 0.434. The molecule has 0 radical (unpaired) electrons. The fourth-order valence-corrected chi connectivity index (χ4v) is 3.43. The lowest BCUT2D eigenvalue weighted by atomic mass is 10.1. The number of thioether (sulfide) groups is 1.